The molecule has 418 valence electrons. The van der Waals surface area contributed by atoms with Gasteiger partial charge in [0.15, 0.2) is 5.78 Å². The monoisotopic (exact) mass is 1020 g/mol. The molecule has 4 aliphatic heterocycles. The number of hydrogen-bond acceptors (Lipinski definition) is 8. The van der Waals surface area contributed by atoms with Crippen LogP contribution >= 0.6 is 0 Å². The lowest BCUT2D eigenvalue weighted by molar-refractivity contribution is -0.129. The highest BCUT2D eigenvalue weighted by molar-refractivity contribution is 5.91. The minimum Gasteiger partial charge on any atom is -0.369 e. The number of ketones is 2. The Kier molecular flexibility index (Phi) is 16.5. The minimum atomic E-state index is 0. The zero-order valence-corrected chi connectivity index (χ0v) is 47.8. The normalized spacial score (nSPS) is 46.7. The van der Waals surface area contributed by atoms with Gasteiger partial charge in [-0.2, -0.15) is 0 Å². The number of ether oxygens (including phenoxy) is 2. The van der Waals surface area contributed by atoms with Gasteiger partial charge in [-0.3, -0.25) is 19.4 Å². The number of allylic oxidation sites excluding steroid dienone is 4. The zero-order valence-electron chi connectivity index (χ0n) is 47.8. The van der Waals surface area contributed by atoms with Crippen LogP contribution in [0, 0.1) is 75.9 Å². The number of piperidine rings is 2. The van der Waals surface area contributed by atoms with Crippen LogP contribution in [0.1, 0.15) is 192 Å². The summed E-state index contributed by atoms with van der Waals surface area (Å²) in [5.74, 6) is 8.87. The van der Waals surface area contributed by atoms with Gasteiger partial charge in [-0.15, -0.1) is 0 Å². The van der Waals surface area contributed by atoms with Crippen molar-refractivity contribution in [3.05, 3.63) is 33.9 Å². The Hall–Kier alpha value is -1.68. The molecule has 8 aliphatic carbocycles. The molecule has 5 saturated carbocycles. The summed E-state index contributed by atoms with van der Waals surface area (Å²) in [6.07, 6.45) is 25.0. The molecule has 0 aromatic rings. The molecule has 0 amide bonds. The van der Waals surface area contributed by atoms with E-state index in [0.717, 1.165) is 119 Å². The summed E-state index contributed by atoms with van der Waals surface area (Å²) in [4.78, 5) is 34.7. The second-order valence-corrected chi connectivity index (χ2v) is 29.1. The van der Waals surface area contributed by atoms with Crippen LogP contribution < -0.4 is 0 Å². The van der Waals surface area contributed by atoms with Crippen molar-refractivity contribution in [2.45, 2.75) is 228 Å². The van der Waals surface area contributed by atoms with Crippen molar-refractivity contribution in [3.63, 3.8) is 0 Å². The van der Waals surface area contributed by atoms with Crippen molar-refractivity contribution in [3.8, 4) is 0 Å². The Morgan fingerprint density at radius 2 is 1.14 bits per heavy atom. The highest BCUT2D eigenvalue weighted by Gasteiger charge is 2.62. The summed E-state index contributed by atoms with van der Waals surface area (Å²) in [6, 6.07) is 1.16. The third-order valence-corrected chi connectivity index (χ3v) is 24.5. The van der Waals surface area contributed by atoms with Crippen molar-refractivity contribution in [1.29, 1.82) is 0 Å². The van der Waals surface area contributed by atoms with Crippen LogP contribution in [0.15, 0.2) is 33.9 Å². The van der Waals surface area contributed by atoms with Crippen molar-refractivity contribution < 1.29 is 19.1 Å². The molecule has 0 radical (unpaired) electrons. The van der Waals surface area contributed by atoms with E-state index in [1.54, 1.807) is 16.7 Å². The Labute approximate surface area is 453 Å². The lowest BCUT2D eigenvalue weighted by atomic mass is 9.52. The molecular formula is C66H110N4O4. The van der Waals surface area contributed by atoms with E-state index in [9.17, 15) is 9.59 Å². The molecule has 0 bridgehead atoms. The van der Waals surface area contributed by atoms with Gasteiger partial charge in [0.05, 0.1) is 23.4 Å². The van der Waals surface area contributed by atoms with E-state index in [1.807, 2.05) is 11.6 Å². The molecule has 9 fully saturated rings. The van der Waals surface area contributed by atoms with Crippen LogP contribution in [0.25, 0.3) is 0 Å². The number of likely N-dealkylation sites (tertiary alicyclic amines) is 2. The van der Waals surface area contributed by atoms with Gasteiger partial charge in [-0.05, 0) is 215 Å². The zero-order chi connectivity index (χ0) is 50.8. The van der Waals surface area contributed by atoms with Gasteiger partial charge in [0, 0.05) is 82.5 Å². The van der Waals surface area contributed by atoms with Crippen LogP contribution in [-0.4, -0.2) is 134 Å². The van der Waals surface area contributed by atoms with Crippen LogP contribution in [0.2, 0.25) is 0 Å². The van der Waals surface area contributed by atoms with Crippen molar-refractivity contribution in [2.75, 3.05) is 67.5 Å². The van der Waals surface area contributed by atoms with E-state index >= 15 is 0 Å². The quantitative estimate of drug-likeness (QED) is 0.244. The van der Waals surface area contributed by atoms with Crippen molar-refractivity contribution >= 4 is 11.6 Å². The molecule has 8 heteroatoms. The van der Waals surface area contributed by atoms with Crippen LogP contribution in [-0.2, 0) is 19.1 Å². The predicted octanol–water partition coefficient (Wildman–Crippen LogP) is 13.1. The highest BCUT2D eigenvalue weighted by atomic mass is 16.5. The van der Waals surface area contributed by atoms with Gasteiger partial charge in [-0.1, -0.05) is 84.3 Å². The highest BCUT2D eigenvalue weighted by Crippen LogP contribution is 2.67. The fourth-order valence-electron chi connectivity index (χ4n) is 20.7. The molecule has 12 aliphatic rings. The molecule has 12 rings (SSSR count). The standard InChI is InChI=1S/C32H52N2O2.C32H50N2O2.2CH4/c2*1-20-15-29-30(34(19-20)14-13-33(5)6)22(3)32(36-29)12-10-25-26-8-7-23-16-24(35)9-11-31(23,4)28(26)17-27(25)21(2)18-32;;/h20,22-23,25-26,28-30H,7-19H2,1-6H3;16,20,22,25-26,28-30H,7-15,17-19H2,1-6H3;2*1H4/t20-,22+,23+,25-,26-,28-,29+,30-,31-,32-;20-,22+,25-,26-,28-,29+,30-,31-,32-;;/m00../s1. The maximum absolute atomic E-state index is 12.3. The summed E-state index contributed by atoms with van der Waals surface area (Å²) in [6.45, 7) is 27.0. The minimum absolute atomic E-state index is 0. The van der Waals surface area contributed by atoms with Gasteiger partial charge < -0.3 is 19.3 Å². The number of likely N-dealkylation sites (N-methyl/N-ethyl adjacent to an activating group) is 2. The first-order valence-corrected chi connectivity index (χ1v) is 30.5. The number of Topliss-reactive ketones (excluding diaryl/α,β-unsaturated/α-hetero) is 1. The smallest absolute Gasteiger partial charge is 0.155 e. The summed E-state index contributed by atoms with van der Waals surface area (Å²) in [5.41, 5.74) is 9.14. The molecule has 4 heterocycles. The lowest BCUT2D eigenvalue weighted by Crippen LogP contribution is -2.53. The van der Waals surface area contributed by atoms with E-state index < -0.39 is 0 Å². The topological polar surface area (TPSA) is 65.6 Å². The molecule has 74 heavy (non-hydrogen) atoms. The predicted molar refractivity (Wildman–Crippen MR) is 305 cm³/mol. The van der Waals surface area contributed by atoms with E-state index in [4.69, 9.17) is 9.47 Å². The first-order chi connectivity index (χ1) is 34.2. The molecule has 0 aromatic carbocycles. The molecular weight excluding hydrogens is 913 g/mol. The number of carbonyl (C=O) groups is 2. The number of nitrogens with zero attached hydrogens (tertiary/aromatic N) is 4. The first-order valence-electron chi connectivity index (χ1n) is 30.5. The van der Waals surface area contributed by atoms with Gasteiger partial charge in [-0.25, -0.2) is 0 Å². The summed E-state index contributed by atoms with van der Waals surface area (Å²) in [5, 5.41) is 0. The molecule has 2 spiro atoms. The lowest BCUT2D eigenvalue weighted by Gasteiger charge is -2.52. The summed E-state index contributed by atoms with van der Waals surface area (Å²) >= 11 is 0. The van der Waals surface area contributed by atoms with E-state index in [2.05, 4.69) is 103 Å². The van der Waals surface area contributed by atoms with Gasteiger partial charge in [0.2, 0.25) is 0 Å². The fraction of sp³-hybridized carbons (Fsp3) is 0.879. The maximum atomic E-state index is 12.3. The number of fused-ring (bicyclic) bond motifs is 12. The SMILES string of the molecule is C.C.CC1=C2C[C@H]3[C@@H](CCC4=CC(=O)CC[C@@]43C)[C@@H]2CC[C@@]2(C1)O[C@@H]1C[C@H](C)CN(CCN(C)C)[C@H]1[C@H]2C.CC1=C2C[C@H]3[C@@H](CC[C@@H]4CC(=O)CC[C@@]43C)[C@@H]2CC[C@@]2(C1)O[C@@H]1C[C@H](C)CN(CCN(C)C)[C@H]1[C@H]2C. The molecule has 19 atom stereocenters. The Bertz CT molecular complexity index is 2180. The van der Waals surface area contributed by atoms with E-state index in [-0.39, 0.29) is 31.5 Å². The molecule has 0 unspecified atom stereocenters. The fourth-order valence-corrected chi connectivity index (χ4v) is 20.7. The van der Waals surface area contributed by atoms with Gasteiger partial charge in [0.25, 0.3) is 0 Å². The Balaban J connectivity index is 0.000000177. The average molecular weight is 1020 g/mol. The van der Waals surface area contributed by atoms with Gasteiger partial charge in [0.1, 0.15) is 5.78 Å². The Morgan fingerprint density at radius 1 is 0.622 bits per heavy atom. The van der Waals surface area contributed by atoms with E-state index in [1.165, 1.54) is 89.3 Å². The third-order valence-electron chi connectivity index (χ3n) is 24.5. The molecule has 4 saturated heterocycles. The number of carbonyl (C=O) groups excluding carboxylic acids is 2. The molecule has 0 aromatic heterocycles. The van der Waals surface area contributed by atoms with Crippen LogP contribution in [0.3, 0.4) is 0 Å². The van der Waals surface area contributed by atoms with E-state index in [0.29, 0.717) is 64.9 Å². The Morgan fingerprint density at radius 3 is 1.66 bits per heavy atom. The summed E-state index contributed by atoms with van der Waals surface area (Å²) in [7, 11) is 8.80. The van der Waals surface area contributed by atoms with Crippen molar-refractivity contribution in [1.82, 2.24) is 19.6 Å². The molecule has 0 N–H and O–H groups in total. The summed E-state index contributed by atoms with van der Waals surface area (Å²) < 4.78 is 14.5. The maximum Gasteiger partial charge on any atom is 0.155 e. The average Bonchev–Trinajstić information content (AvgIpc) is 4.00. The number of hydrogen-bond donors (Lipinski definition) is 0. The first kappa shape index (κ1) is 57.0. The third kappa shape index (κ3) is 9.73. The van der Waals surface area contributed by atoms with Gasteiger partial charge >= 0.3 is 0 Å². The number of rotatable bonds is 6. The molecule has 8 nitrogen and oxygen atoms in total. The van der Waals surface area contributed by atoms with Crippen LogP contribution in [0.4, 0.5) is 0 Å². The largest absolute Gasteiger partial charge is 0.369 e. The second-order valence-electron chi connectivity index (χ2n) is 29.1. The van der Waals surface area contributed by atoms with Crippen molar-refractivity contribution in [2.24, 2.45) is 75.9 Å². The second kappa shape index (κ2) is 21.4. The van der Waals surface area contributed by atoms with Crippen LogP contribution in [0.5, 0.6) is 0 Å².